The van der Waals surface area contributed by atoms with Crippen molar-refractivity contribution in [3.63, 3.8) is 0 Å². The van der Waals surface area contributed by atoms with E-state index in [0.717, 1.165) is 17.8 Å². The van der Waals surface area contributed by atoms with Crippen LogP contribution < -0.4 is 10.9 Å². The van der Waals surface area contributed by atoms with E-state index in [-0.39, 0.29) is 5.56 Å². The Labute approximate surface area is 98.9 Å². The van der Waals surface area contributed by atoms with E-state index in [1.54, 1.807) is 18.4 Å². The lowest BCUT2D eigenvalue weighted by molar-refractivity contribution is 0.576. The van der Waals surface area contributed by atoms with Crippen molar-refractivity contribution in [2.75, 3.05) is 13.6 Å². The van der Waals surface area contributed by atoms with Crippen LogP contribution in [0.4, 0.5) is 0 Å². The first-order chi connectivity index (χ1) is 8.22. The SMILES string of the molecule is CNCCc1c(C)nc(-c2ccco2)[nH]c1=O. The highest BCUT2D eigenvalue weighted by Gasteiger charge is 2.10. The van der Waals surface area contributed by atoms with Gasteiger partial charge in [-0.1, -0.05) is 0 Å². The van der Waals surface area contributed by atoms with Crippen LogP contribution in [0.15, 0.2) is 27.6 Å². The van der Waals surface area contributed by atoms with Crippen LogP contribution in [0.25, 0.3) is 11.6 Å². The van der Waals surface area contributed by atoms with Crippen LogP contribution in [0, 0.1) is 6.92 Å². The van der Waals surface area contributed by atoms with Gasteiger partial charge in [-0.25, -0.2) is 4.98 Å². The van der Waals surface area contributed by atoms with E-state index in [1.165, 1.54) is 0 Å². The summed E-state index contributed by atoms with van der Waals surface area (Å²) in [5, 5.41) is 3.01. The summed E-state index contributed by atoms with van der Waals surface area (Å²) in [5.41, 5.74) is 1.37. The standard InChI is InChI=1S/C12H15N3O2/c1-8-9(5-6-13-2)12(16)15-11(14-8)10-4-3-7-17-10/h3-4,7,13H,5-6H2,1-2H3,(H,14,15,16). The number of hydrogen-bond acceptors (Lipinski definition) is 4. The molecule has 0 bridgehead atoms. The van der Waals surface area contributed by atoms with Crippen molar-refractivity contribution < 1.29 is 4.42 Å². The topological polar surface area (TPSA) is 70.9 Å². The van der Waals surface area contributed by atoms with E-state index in [1.807, 2.05) is 14.0 Å². The van der Waals surface area contributed by atoms with Crippen molar-refractivity contribution >= 4 is 0 Å². The molecule has 0 saturated heterocycles. The number of aromatic nitrogens is 2. The van der Waals surface area contributed by atoms with Gasteiger partial charge in [0.15, 0.2) is 11.6 Å². The van der Waals surface area contributed by atoms with Crippen LogP contribution in [0.2, 0.25) is 0 Å². The molecule has 2 N–H and O–H groups in total. The average Bonchev–Trinajstić information content (AvgIpc) is 2.81. The molecule has 2 rings (SSSR count). The Bertz CT molecular complexity index is 543. The second-order valence-electron chi connectivity index (χ2n) is 3.81. The number of aryl methyl sites for hydroxylation is 1. The highest BCUT2D eigenvalue weighted by atomic mass is 16.3. The second-order valence-corrected chi connectivity index (χ2v) is 3.81. The Kier molecular flexibility index (Phi) is 3.39. The molecule has 0 spiro atoms. The summed E-state index contributed by atoms with van der Waals surface area (Å²) < 4.78 is 5.21. The fraction of sp³-hybridized carbons (Fsp3) is 0.333. The molecule has 0 aliphatic carbocycles. The lowest BCUT2D eigenvalue weighted by Crippen LogP contribution is -2.21. The zero-order valence-electron chi connectivity index (χ0n) is 9.91. The molecule has 5 nitrogen and oxygen atoms in total. The maximum Gasteiger partial charge on any atom is 0.254 e. The maximum atomic E-state index is 11.9. The van der Waals surface area contributed by atoms with Crippen molar-refractivity contribution in [1.82, 2.24) is 15.3 Å². The minimum Gasteiger partial charge on any atom is -0.461 e. The van der Waals surface area contributed by atoms with E-state index >= 15 is 0 Å². The van der Waals surface area contributed by atoms with Gasteiger partial charge in [-0.3, -0.25) is 4.79 Å². The highest BCUT2D eigenvalue weighted by Crippen LogP contribution is 2.14. The monoisotopic (exact) mass is 233 g/mol. The quantitative estimate of drug-likeness (QED) is 0.829. The van der Waals surface area contributed by atoms with Gasteiger partial charge in [0.05, 0.1) is 6.26 Å². The van der Waals surface area contributed by atoms with E-state index in [9.17, 15) is 4.79 Å². The van der Waals surface area contributed by atoms with Gasteiger partial charge in [-0.05, 0) is 39.1 Å². The summed E-state index contributed by atoms with van der Waals surface area (Å²) in [6, 6.07) is 3.53. The molecule has 0 radical (unpaired) electrons. The average molecular weight is 233 g/mol. The van der Waals surface area contributed by atoms with Crippen LogP contribution in [0.1, 0.15) is 11.3 Å². The van der Waals surface area contributed by atoms with Crippen molar-refractivity contribution in [3.8, 4) is 11.6 Å². The predicted octanol–water partition coefficient (Wildman–Crippen LogP) is 1.10. The number of aromatic amines is 1. The summed E-state index contributed by atoms with van der Waals surface area (Å²) in [4.78, 5) is 19.0. The molecule has 2 heterocycles. The van der Waals surface area contributed by atoms with Crippen molar-refractivity contribution in [2.45, 2.75) is 13.3 Å². The van der Waals surface area contributed by atoms with E-state index < -0.39 is 0 Å². The largest absolute Gasteiger partial charge is 0.461 e. The molecule has 2 aromatic rings. The fourth-order valence-corrected chi connectivity index (χ4v) is 1.68. The number of furan rings is 1. The lowest BCUT2D eigenvalue weighted by atomic mass is 10.1. The molecule has 0 aliphatic rings. The minimum atomic E-state index is -0.0980. The summed E-state index contributed by atoms with van der Waals surface area (Å²) in [6.07, 6.45) is 2.22. The van der Waals surface area contributed by atoms with Crippen molar-refractivity contribution in [1.29, 1.82) is 0 Å². The van der Waals surface area contributed by atoms with Crippen molar-refractivity contribution in [3.05, 3.63) is 40.0 Å². The molecule has 0 aromatic carbocycles. The zero-order valence-corrected chi connectivity index (χ0v) is 9.91. The predicted molar refractivity (Wildman–Crippen MR) is 64.9 cm³/mol. The van der Waals surface area contributed by atoms with E-state index in [4.69, 9.17) is 4.42 Å². The number of hydrogen-bond donors (Lipinski definition) is 2. The third-order valence-corrected chi connectivity index (χ3v) is 2.60. The smallest absolute Gasteiger partial charge is 0.254 e. The summed E-state index contributed by atoms with van der Waals surface area (Å²) in [5.74, 6) is 1.05. The van der Waals surface area contributed by atoms with E-state index in [2.05, 4.69) is 15.3 Å². The summed E-state index contributed by atoms with van der Waals surface area (Å²) in [7, 11) is 1.86. The van der Waals surface area contributed by atoms with Crippen LogP contribution in [-0.2, 0) is 6.42 Å². The number of nitrogens with zero attached hydrogens (tertiary/aromatic N) is 1. The first-order valence-electron chi connectivity index (χ1n) is 5.50. The Balaban J connectivity index is 2.38. The first kappa shape index (κ1) is 11.6. The lowest BCUT2D eigenvalue weighted by Gasteiger charge is -2.05. The molecule has 0 amide bonds. The molecule has 0 fully saturated rings. The Morgan fingerprint density at radius 2 is 2.35 bits per heavy atom. The van der Waals surface area contributed by atoms with Gasteiger partial charge in [-0.15, -0.1) is 0 Å². The van der Waals surface area contributed by atoms with Gasteiger partial charge in [-0.2, -0.15) is 0 Å². The Hall–Kier alpha value is -1.88. The normalized spacial score (nSPS) is 10.7. The molecule has 2 aromatic heterocycles. The van der Waals surface area contributed by atoms with Gasteiger partial charge in [0.25, 0.3) is 5.56 Å². The summed E-state index contributed by atoms with van der Waals surface area (Å²) in [6.45, 7) is 2.60. The maximum absolute atomic E-state index is 11.9. The second kappa shape index (κ2) is 4.97. The third kappa shape index (κ3) is 2.45. The molecule has 0 unspecified atom stereocenters. The first-order valence-corrected chi connectivity index (χ1v) is 5.50. The zero-order chi connectivity index (χ0) is 12.3. The summed E-state index contributed by atoms with van der Waals surface area (Å²) >= 11 is 0. The van der Waals surface area contributed by atoms with Gasteiger partial charge in [0, 0.05) is 11.3 Å². The van der Waals surface area contributed by atoms with Crippen LogP contribution in [0.5, 0.6) is 0 Å². The Morgan fingerprint density at radius 1 is 1.53 bits per heavy atom. The highest BCUT2D eigenvalue weighted by molar-refractivity contribution is 5.46. The number of likely N-dealkylation sites (N-methyl/N-ethyl adjacent to an activating group) is 1. The molecular weight excluding hydrogens is 218 g/mol. The molecule has 5 heteroatoms. The molecule has 90 valence electrons. The minimum absolute atomic E-state index is 0.0980. The third-order valence-electron chi connectivity index (χ3n) is 2.60. The molecule has 0 atom stereocenters. The number of H-pyrrole nitrogens is 1. The van der Waals surface area contributed by atoms with Crippen LogP contribution >= 0.6 is 0 Å². The molecule has 0 aliphatic heterocycles. The van der Waals surface area contributed by atoms with Crippen LogP contribution in [-0.4, -0.2) is 23.6 Å². The van der Waals surface area contributed by atoms with Gasteiger partial charge in [0.2, 0.25) is 0 Å². The van der Waals surface area contributed by atoms with Gasteiger partial charge < -0.3 is 14.7 Å². The van der Waals surface area contributed by atoms with E-state index in [0.29, 0.717) is 18.0 Å². The van der Waals surface area contributed by atoms with Crippen molar-refractivity contribution in [2.24, 2.45) is 0 Å². The number of rotatable bonds is 4. The van der Waals surface area contributed by atoms with Gasteiger partial charge in [0.1, 0.15) is 0 Å². The molecular formula is C12H15N3O2. The number of nitrogens with one attached hydrogen (secondary N) is 2. The molecule has 0 saturated carbocycles. The molecule has 17 heavy (non-hydrogen) atoms. The fourth-order valence-electron chi connectivity index (χ4n) is 1.68. The van der Waals surface area contributed by atoms with Crippen LogP contribution in [0.3, 0.4) is 0 Å². The van der Waals surface area contributed by atoms with Gasteiger partial charge >= 0.3 is 0 Å². The Morgan fingerprint density at radius 3 is 2.94 bits per heavy atom.